The lowest BCUT2D eigenvalue weighted by Gasteiger charge is -2.35. The van der Waals surface area contributed by atoms with Crippen molar-refractivity contribution in [3.63, 3.8) is 0 Å². The Hall–Kier alpha value is -2.47. The Kier molecular flexibility index (Phi) is 6.29. The third-order valence-electron chi connectivity index (χ3n) is 4.96. The van der Waals surface area contributed by atoms with Crippen LogP contribution in [0.25, 0.3) is 0 Å². The minimum atomic E-state index is -1.18. The molecule has 0 amide bonds. The first-order valence-electron chi connectivity index (χ1n) is 9.24. The summed E-state index contributed by atoms with van der Waals surface area (Å²) in [5, 5.41) is 0. The van der Waals surface area contributed by atoms with Gasteiger partial charge in [-0.2, -0.15) is 0 Å². The fraction of sp³-hybridized carbons (Fsp3) is 0.318. The van der Waals surface area contributed by atoms with Crippen molar-refractivity contribution in [3.05, 3.63) is 64.1 Å². The summed E-state index contributed by atoms with van der Waals surface area (Å²) in [6, 6.07) is 14.1. The minimum absolute atomic E-state index is 0.108. The van der Waals surface area contributed by atoms with Crippen molar-refractivity contribution in [2.75, 3.05) is 6.61 Å². The highest BCUT2D eigenvalue weighted by Gasteiger charge is 2.48. The monoisotopic (exact) mass is 444 g/mol. The molecule has 0 N–H and O–H groups in total. The molecule has 0 fully saturated rings. The topological polar surface area (TPSA) is 69.7 Å². The largest absolute Gasteiger partial charge is 0.465 e. The van der Waals surface area contributed by atoms with E-state index in [1.165, 1.54) is 0 Å². The molecule has 0 unspecified atom stereocenters. The number of ether oxygens (including phenoxy) is 2. The molecule has 3 atom stereocenters. The van der Waals surface area contributed by atoms with Gasteiger partial charge in [0.15, 0.2) is 11.7 Å². The predicted molar refractivity (Wildman–Crippen MR) is 107 cm³/mol. The van der Waals surface area contributed by atoms with Crippen LogP contribution in [-0.4, -0.2) is 24.3 Å². The molecule has 2 aromatic carbocycles. The normalized spacial score (nSPS) is 19.3. The van der Waals surface area contributed by atoms with Crippen LogP contribution in [0.3, 0.4) is 0 Å². The van der Waals surface area contributed by atoms with Crippen LogP contribution in [0.5, 0.6) is 5.75 Å². The smallest absolute Gasteiger partial charge is 0.326 e. The number of esters is 2. The van der Waals surface area contributed by atoms with Gasteiger partial charge in [-0.15, -0.1) is 0 Å². The molecule has 0 saturated carbocycles. The number of ketones is 1. The third kappa shape index (κ3) is 3.87. The van der Waals surface area contributed by atoms with Crippen LogP contribution < -0.4 is 4.74 Å². The zero-order chi connectivity index (χ0) is 20.3. The van der Waals surface area contributed by atoms with E-state index in [1.54, 1.807) is 49.4 Å². The molecule has 0 spiro atoms. The van der Waals surface area contributed by atoms with Crippen LogP contribution in [0, 0.1) is 11.8 Å². The molecule has 0 aromatic heterocycles. The van der Waals surface area contributed by atoms with E-state index in [1.807, 2.05) is 13.0 Å². The molecule has 1 aliphatic rings. The molecule has 5 nitrogen and oxygen atoms in total. The van der Waals surface area contributed by atoms with Gasteiger partial charge >= 0.3 is 11.9 Å². The number of fused-ring (bicyclic) bond motifs is 1. The van der Waals surface area contributed by atoms with Crippen molar-refractivity contribution in [2.45, 2.75) is 26.2 Å². The Morgan fingerprint density at radius 3 is 2.50 bits per heavy atom. The lowest BCUT2D eigenvalue weighted by atomic mass is 9.71. The number of carbonyl (C=O) groups excluding carboxylic acids is 3. The Morgan fingerprint density at radius 2 is 1.86 bits per heavy atom. The average Bonchev–Trinajstić information content (AvgIpc) is 2.69. The number of hydrogen-bond donors (Lipinski definition) is 0. The molecular weight excluding hydrogens is 424 g/mol. The zero-order valence-corrected chi connectivity index (χ0v) is 17.3. The van der Waals surface area contributed by atoms with Crippen molar-refractivity contribution < 1.29 is 23.9 Å². The summed E-state index contributed by atoms with van der Waals surface area (Å²) < 4.78 is 11.3. The highest BCUT2D eigenvalue weighted by molar-refractivity contribution is 9.10. The van der Waals surface area contributed by atoms with Crippen molar-refractivity contribution in [3.8, 4) is 5.75 Å². The van der Waals surface area contributed by atoms with E-state index in [2.05, 4.69) is 15.9 Å². The molecule has 6 heteroatoms. The first-order chi connectivity index (χ1) is 13.5. The van der Waals surface area contributed by atoms with Gasteiger partial charge in [0, 0.05) is 27.4 Å². The Morgan fingerprint density at radius 1 is 1.14 bits per heavy atom. The second-order valence-electron chi connectivity index (χ2n) is 6.60. The van der Waals surface area contributed by atoms with Crippen LogP contribution in [0.2, 0.25) is 0 Å². The van der Waals surface area contributed by atoms with Gasteiger partial charge in [0.05, 0.1) is 6.61 Å². The molecule has 0 radical (unpaired) electrons. The number of rotatable bonds is 6. The molecule has 1 aliphatic heterocycles. The molecule has 28 heavy (non-hydrogen) atoms. The summed E-state index contributed by atoms with van der Waals surface area (Å²) in [6.45, 7) is 3.70. The van der Waals surface area contributed by atoms with Crippen LogP contribution in [-0.2, 0) is 14.3 Å². The summed E-state index contributed by atoms with van der Waals surface area (Å²) in [5.41, 5.74) is 1.20. The Labute approximate surface area is 172 Å². The van der Waals surface area contributed by atoms with Gasteiger partial charge in [-0.1, -0.05) is 53.2 Å². The van der Waals surface area contributed by atoms with Gasteiger partial charge in [-0.3, -0.25) is 14.4 Å². The molecule has 146 valence electrons. The number of hydrogen-bond acceptors (Lipinski definition) is 5. The van der Waals surface area contributed by atoms with Gasteiger partial charge in [0.25, 0.3) is 0 Å². The number of benzene rings is 2. The molecule has 0 bridgehead atoms. The third-order valence-corrected chi connectivity index (χ3v) is 5.46. The van der Waals surface area contributed by atoms with E-state index in [-0.39, 0.29) is 12.4 Å². The highest BCUT2D eigenvalue weighted by Crippen LogP contribution is 2.45. The summed E-state index contributed by atoms with van der Waals surface area (Å²) >= 11 is 3.43. The average molecular weight is 445 g/mol. The quantitative estimate of drug-likeness (QED) is 0.283. The van der Waals surface area contributed by atoms with Crippen LogP contribution in [0.1, 0.15) is 42.1 Å². The van der Waals surface area contributed by atoms with Crippen molar-refractivity contribution in [2.24, 2.45) is 11.8 Å². The Balaban J connectivity index is 2.13. The lowest BCUT2D eigenvalue weighted by Crippen LogP contribution is -2.43. The van der Waals surface area contributed by atoms with Gasteiger partial charge in [-0.05, 0) is 31.5 Å². The molecule has 3 rings (SSSR count). The zero-order valence-electron chi connectivity index (χ0n) is 15.7. The summed E-state index contributed by atoms with van der Waals surface area (Å²) in [6.07, 6.45) is 0.466. The highest BCUT2D eigenvalue weighted by atomic mass is 79.9. The van der Waals surface area contributed by atoms with Gasteiger partial charge < -0.3 is 9.47 Å². The maximum atomic E-state index is 13.3. The van der Waals surface area contributed by atoms with Crippen LogP contribution in [0.4, 0.5) is 0 Å². The maximum absolute atomic E-state index is 13.3. The van der Waals surface area contributed by atoms with Crippen LogP contribution >= 0.6 is 15.9 Å². The van der Waals surface area contributed by atoms with E-state index in [4.69, 9.17) is 9.47 Å². The maximum Gasteiger partial charge on any atom is 0.326 e. The van der Waals surface area contributed by atoms with Crippen LogP contribution in [0.15, 0.2) is 53.0 Å². The lowest BCUT2D eigenvalue weighted by molar-refractivity contribution is -0.160. The SMILES string of the molecule is CCOC(=O)[C@@H]1C(=O)Oc2ccc(Br)cc2[C@H]1[C@@H](CC)C(=O)c1ccccc1. The molecule has 2 aromatic rings. The fourth-order valence-corrected chi connectivity index (χ4v) is 4.09. The van der Waals surface area contributed by atoms with Crippen molar-refractivity contribution >= 4 is 33.7 Å². The van der Waals surface area contributed by atoms with E-state index < -0.39 is 29.7 Å². The first-order valence-corrected chi connectivity index (χ1v) is 10.0. The van der Waals surface area contributed by atoms with E-state index in [0.29, 0.717) is 23.3 Å². The minimum Gasteiger partial charge on any atom is -0.465 e. The van der Waals surface area contributed by atoms with Crippen molar-refractivity contribution in [1.29, 1.82) is 0 Å². The van der Waals surface area contributed by atoms with Gasteiger partial charge in [-0.25, -0.2) is 0 Å². The molecule has 0 saturated heterocycles. The van der Waals surface area contributed by atoms with Crippen molar-refractivity contribution in [1.82, 2.24) is 0 Å². The fourth-order valence-electron chi connectivity index (χ4n) is 3.71. The predicted octanol–water partition coefficient (Wildman–Crippen LogP) is 4.54. The van der Waals surface area contributed by atoms with Gasteiger partial charge in [0.1, 0.15) is 5.75 Å². The second-order valence-corrected chi connectivity index (χ2v) is 7.52. The number of Topliss-reactive ketones (excluding diaryl/α,β-unsaturated/α-hetero) is 1. The molecular formula is C22H21BrO5. The summed E-state index contributed by atoms with van der Waals surface area (Å²) in [4.78, 5) is 38.6. The van der Waals surface area contributed by atoms with E-state index >= 15 is 0 Å². The number of halogens is 1. The molecule has 0 aliphatic carbocycles. The van der Waals surface area contributed by atoms with E-state index in [0.717, 1.165) is 4.47 Å². The summed E-state index contributed by atoms with van der Waals surface area (Å²) in [5.74, 6) is -3.50. The number of carbonyl (C=O) groups is 3. The second kappa shape index (κ2) is 8.69. The molecule has 1 heterocycles. The standard InChI is InChI=1S/C22H21BrO5/c1-3-15(20(24)13-8-6-5-7-9-13)18-16-12-14(23)10-11-17(16)28-22(26)19(18)21(25)27-4-2/h5-12,15,18-19H,3-4H2,1-2H3/t15-,18-,19-/m1/s1. The Bertz CT molecular complexity index is 893. The summed E-state index contributed by atoms with van der Waals surface area (Å²) in [7, 11) is 0. The first kappa shape index (κ1) is 20.3. The van der Waals surface area contributed by atoms with Gasteiger partial charge in [0.2, 0.25) is 0 Å². The van der Waals surface area contributed by atoms with E-state index in [9.17, 15) is 14.4 Å².